The summed E-state index contributed by atoms with van der Waals surface area (Å²) in [5, 5.41) is 16.8. The first-order valence-electron chi connectivity index (χ1n) is 13.7. The number of aromatic nitrogens is 2. The maximum absolute atomic E-state index is 13.7. The van der Waals surface area contributed by atoms with E-state index in [0.29, 0.717) is 56.4 Å². The van der Waals surface area contributed by atoms with Crippen molar-refractivity contribution in [3.63, 3.8) is 0 Å². The van der Waals surface area contributed by atoms with Crippen LogP contribution in [0.3, 0.4) is 0 Å². The average molecular weight is 607 g/mol. The van der Waals surface area contributed by atoms with E-state index >= 15 is 0 Å². The van der Waals surface area contributed by atoms with Gasteiger partial charge in [-0.3, -0.25) is 14.9 Å². The first-order valence-corrected chi connectivity index (χ1v) is 13.7. The van der Waals surface area contributed by atoms with E-state index in [1.54, 1.807) is 67.8 Å². The molecule has 12 nitrogen and oxygen atoms in total. The van der Waals surface area contributed by atoms with Crippen LogP contribution in [0.15, 0.2) is 99.2 Å². The number of hydrogen-bond donors (Lipinski definition) is 0. The second kappa shape index (κ2) is 12.2. The molecule has 0 aliphatic carbocycles. The molecule has 0 saturated heterocycles. The number of para-hydroxylation sites is 1. The number of ether oxygens (including phenoxy) is 4. The van der Waals surface area contributed by atoms with Crippen LogP contribution >= 0.6 is 0 Å². The Labute approximate surface area is 255 Å². The van der Waals surface area contributed by atoms with Gasteiger partial charge in [-0.1, -0.05) is 30.3 Å². The molecule has 0 aliphatic rings. The van der Waals surface area contributed by atoms with E-state index in [2.05, 4.69) is 5.10 Å². The van der Waals surface area contributed by atoms with Crippen LogP contribution in [-0.4, -0.2) is 42.1 Å². The fourth-order valence-corrected chi connectivity index (χ4v) is 4.87. The summed E-state index contributed by atoms with van der Waals surface area (Å²) in [4.78, 5) is 29.1. The number of benzene rings is 4. The molecule has 0 bridgehead atoms. The van der Waals surface area contributed by atoms with Gasteiger partial charge in [-0.2, -0.15) is 9.78 Å². The Morgan fingerprint density at radius 1 is 0.889 bits per heavy atom. The molecule has 0 spiro atoms. The van der Waals surface area contributed by atoms with Crippen LogP contribution in [0.2, 0.25) is 0 Å². The number of hydrogen-bond acceptors (Lipinski definition) is 10. The lowest BCUT2D eigenvalue weighted by atomic mass is 10.2. The molecule has 0 radical (unpaired) electrons. The van der Waals surface area contributed by atoms with E-state index in [1.165, 1.54) is 37.2 Å². The topological polar surface area (TPSA) is 140 Å². The number of rotatable bonds is 10. The number of nitro benzene ring substituents is 1. The summed E-state index contributed by atoms with van der Waals surface area (Å²) in [5.74, 6) is 2.10. The van der Waals surface area contributed by atoms with Gasteiger partial charge in [0.15, 0.2) is 17.3 Å². The smallest absolute Gasteiger partial charge is 0.282 e. The van der Waals surface area contributed by atoms with Crippen molar-refractivity contribution in [3.8, 4) is 34.6 Å². The van der Waals surface area contributed by atoms with E-state index in [1.807, 2.05) is 12.1 Å². The van der Waals surface area contributed by atoms with Gasteiger partial charge in [-0.25, -0.2) is 4.98 Å². The van der Waals surface area contributed by atoms with E-state index in [-0.39, 0.29) is 18.1 Å². The van der Waals surface area contributed by atoms with Gasteiger partial charge in [0.2, 0.25) is 11.6 Å². The molecule has 0 aliphatic heterocycles. The monoisotopic (exact) mass is 606 g/mol. The van der Waals surface area contributed by atoms with Gasteiger partial charge in [0.05, 0.1) is 48.8 Å². The fraction of sp³-hybridized carbons (Fsp3) is 0.121. The third-order valence-electron chi connectivity index (χ3n) is 7.03. The van der Waals surface area contributed by atoms with Crippen molar-refractivity contribution in [2.75, 3.05) is 21.3 Å². The molecule has 45 heavy (non-hydrogen) atoms. The maximum atomic E-state index is 13.7. The Balaban J connectivity index is 1.40. The molecule has 0 amide bonds. The Bertz CT molecular complexity index is 2130. The zero-order chi connectivity index (χ0) is 31.5. The third-order valence-corrected chi connectivity index (χ3v) is 7.03. The summed E-state index contributed by atoms with van der Waals surface area (Å²) < 4.78 is 29.9. The Hall–Kier alpha value is -6.17. The highest BCUT2D eigenvalue weighted by atomic mass is 16.6. The summed E-state index contributed by atoms with van der Waals surface area (Å²) in [6, 6.07) is 23.7. The van der Waals surface area contributed by atoms with E-state index in [9.17, 15) is 14.9 Å². The minimum atomic E-state index is -0.467. The lowest BCUT2D eigenvalue weighted by Crippen LogP contribution is -2.20. The molecule has 2 aromatic heterocycles. The molecule has 0 saturated carbocycles. The van der Waals surface area contributed by atoms with Crippen LogP contribution in [0, 0.1) is 10.1 Å². The van der Waals surface area contributed by atoms with E-state index < -0.39 is 10.5 Å². The summed E-state index contributed by atoms with van der Waals surface area (Å²) in [7, 11) is 4.52. The lowest BCUT2D eigenvalue weighted by Gasteiger charge is -2.15. The molecular weight excluding hydrogens is 580 g/mol. The first-order chi connectivity index (χ1) is 21.9. The molecular formula is C33H26N4O8. The van der Waals surface area contributed by atoms with Crippen LogP contribution in [0.5, 0.6) is 23.0 Å². The van der Waals surface area contributed by atoms with Crippen molar-refractivity contribution < 1.29 is 28.3 Å². The van der Waals surface area contributed by atoms with Crippen molar-refractivity contribution in [3.05, 3.63) is 117 Å². The summed E-state index contributed by atoms with van der Waals surface area (Å²) >= 11 is 0. The average Bonchev–Trinajstić information content (AvgIpc) is 3.51. The Morgan fingerprint density at radius 2 is 1.62 bits per heavy atom. The highest BCUT2D eigenvalue weighted by Crippen LogP contribution is 2.39. The predicted octanol–water partition coefficient (Wildman–Crippen LogP) is 6.20. The van der Waals surface area contributed by atoms with Gasteiger partial charge in [-0.05, 0) is 48.0 Å². The summed E-state index contributed by atoms with van der Waals surface area (Å²) in [6.07, 6.45) is 1.47. The van der Waals surface area contributed by atoms with Crippen molar-refractivity contribution in [1.82, 2.24) is 9.66 Å². The highest BCUT2D eigenvalue weighted by molar-refractivity contribution is 5.89. The zero-order valence-electron chi connectivity index (χ0n) is 24.4. The standard InChI is InChI=1S/C33H26N4O8/c1-41-26-12-7-13-27-24(26)17-30(45-27)32-35-25-11-5-4-10-23(25)33(38)36(32)34-18-21-15-28(42-2)31(29(16-21)43-3)44-19-20-8-6-9-22(14-20)37(39)40/h4-18H,19H2,1-3H3. The molecule has 0 unspecified atom stereocenters. The van der Waals surface area contributed by atoms with Crippen molar-refractivity contribution in [2.45, 2.75) is 6.61 Å². The molecule has 4 aromatic carbocycles. The second-order valence-electron chi connectivity index (χ2n) is 9.77. The first kappa shape index (κ1) is 28.9. The highest BCUT2D eigenvalue weighted by Gasteiger charge is 2.19. The van der Waals surface area contributed by atoms with E-state index in [4.69, 9.17) is 28.3 Å². The van der Waals surface area contributed by atoms with Crippen molar-refractivity contribution in [1.29, 1.82) is 0 Å². The molecule has 226 valence electrons. The number of nitro groups is 1. The number of nitrogens with zero attached hydrogens (tertiary/aromatic N) is 4. The predicted molar refractivity (Wildman–Crippen MR) is 168 cm³/mol. The van der Waals surface area contributed by atoms with Gasteiger partial charge >= 0.3 is 0 Å². The number of methoxy groups -OCH3 is 3. The van der Waals surface area contributed by atoms with Crippen LogP contribution in [-0.2, 0) is 6.61 Å². The summed E-state index contributed by atoms with van der Waals surface area (Å²) in [5.41, 5.74) is 1.75. The maximum Gasteiger partial charge on any atom is 0.282 e. The van der Waals surface area contributed by atoms with Gasteiger partial charge in [-0.15, -0.1) is 0 Å². The minimum absolute atomic E-state index is 0.0334. The number of furan rings is 1. The molecule has 2 heterocycles. The molecule has 0 N–H and O–H groups in total. The van der Waals surface area contributed by atoms with Crippen LogP contribution in [0.25, 0.3) is 33.5 Å². The van der Waals surface area contributed by atoms with Crippen LogP contribution in [0.1, 0.15) is 11.1 Å². The van der Waals surface area contributed by atoms with Crippen molar-refractivity contribution in [2.24, 2.45) is 5.10 Å². The van der Waals surface area contributed by atoms with Gasteiger partial charge in [0, 0.05) is 17.7 Å². The van der Waals surface area contributed by atoms with Crippen LogP contribution in [0.4, 0.5) is 5.69 Å². The number of fused-ring (bicyclic) bond motifs is 2. The third kappa shape index (κ3) is 5.64. The summed E-state index contributed by atoms with van der Waals surface area (Å²) in [6.45, 7) is 0.0334. The van der Waals surface area contributed by atoms with Crippen molar-refractivity contribution >= 4 is 33.8 Å². The Kier molecular flexibility index (Phi) is 7.85. The van der Waals surface area contributed by atoms with Crippen LogP contribution < -0.4 is 24.5 Å². The molecule has 6 aromatic rings. The lowest BCUT2D eigenvalue weighted by molar-refractivity contribution is -0.384. The Morgan fingerprint density at radius 3 is 2.36 bits per heavy atom. The number of non-ortho nitro benzene ring substituents is 1. The second-order valence-corrected chi connectivity index (χ2v) is 9.77. The largest absolute Gasteiger partial charge is 0.496 e. The normalized spacial score (nSPS) is 11.3. The van der Waals surface area contributed by atoms with Gasteiger partial charge in [0.25, 0.3) is 11.2 Å². The molecule has 0 atom stereocenters. The van der Waals surface area contributed by atoms with Gasteiger partial charge < -0.3 is 23.4 Å². The molecule has 0 fully saturated rings. The zero-order valence-corrected chi connectivity index (χ0v) is 24.4. The fourth-order valence-electron chi connectivity index (χ4n) is 4.87. The molecule has 6 rings (SSSR count). The minimum Gasteiger partial charge on any atom is -0.496 e. The quantitative estimate of drug-likeness (QED) is 0.101. The van der Waals surface area contributed by atoms with E-state index in [0.717, 1.165) is 5.39 Å². The molecule has 12 heteroatoms. The van der Waals surface area contributed by atoms with Gasteiger partial charge in [0.1, 0.15) is 17.9 Å². The SMILES string of the molecule is COc1cc(C=Nn2c(-c3cc4c(OC)cccc4o3)nc3ccccc3c2=O)cc(OC)c1OCc1cccc([N+](=O)[O-])c1.